The molecule has 1 fully saturated rings. The molecule has 1 aliphatic rings. The molecule has 158 valence electrons. The molecule has 1 aromatic heterocycles. The number of quaternary nitrogens is 1. The third-order valence-electron chi connectivity index (χ3n) is 6.16. The van der Waals surface area contributed by atoms with Gasteiger partial charge < -0.3 is 15.5 Å². The molecular formula is C25H34N5+. The van der Waals surface area contributed by atoms with Gasteiger partial charge in [0.05, 0.1) is 31.3 Å². The molecule has 0 aliphatic carbocycles. The van der Waals surface area contributed by atoms with E-state index in [1.807, 2.05) is 0 Å². The van der Waals surface area contributed by atoms with Crippen LogP contribution in [0.2, 0.25) is 0 Å². The standard InChI is InChI=1S/C25H34N5/c1-29(2)16-6-13-27-25-19-24(28-23-8-5-4-7-22(23)25)20-9-11-21(12-10-20)30(3)17-14-26-15-18-30/h4-5,7-12,19,26H,6,13-18H2,1-3H3,(H,27,28)/q+1. The van der Waals surface area contributed by atoms with Crippen molar-refractivity contribution in [2.24, 2.45) is 0 Å². The van der Waals surface area contributed by atoms with Gasteiger partial charge in [0.2, 0.25) is 0 Å². The van der Waals surface area contributed by atoms with Gasteiger partial charge in [-0.3, -0.25) is 4.48 Å². The van der Waals surface area contributed by atoms with Crippen molar-refractivity contribution < 1.29 is 0 Å². The fourth-order valence-corrected chi connectivity index (χ4v) is 4.23. The van der Waals surface area contributed by atoms with E-state index < -0.39 is 0 Å². The number of nitrogens with zero attached hydrogens (tertiary/aromatic N) is 3. The minimum absolute atomic E-state index is 0.953. The zero-order valence-electron chi connectivity index (χ0n) is 18.5. The van der Waals surface area contributed by atoms with Gasteiger partial charge in [-0.2, -0.15) is 0 Å². The number of para-hydroxylation sites is 1. The van der Waals surface area contributed by atoms with Crippen LogP contribution in [-0.4, -0.2) is 70.3 Å². The lowest BCUT2D eigenvalue weighted by atomic mass is 10.1. The molecule has 1 aliphatic heterocycles. The molecule has 0 bridgehead atoms. The number of rotatable bonds is 7. The summed E-state index contributed by atoms with van der Waals surface area (Å²) < 4.78 is 0.997. The van der Waals surface area contributed by atoms with Crippen molar-refractivity contribution in [3.63, 3.8) is 0 Å². The zero-order valence-corrected chi connectivity index (χ0v) is 18.5. The molecule has 3 aromatic rings. The number of nitrogens with one attached hydrogen (secondary N) is 2. The van der Waals surface area contributed by atoms with Gasteiger partial charge in [0, 0.05) is 36.3 Å². The van der Waals surface area contributed by atoms with Crippen molar-refractivity contribution in [2.45, 2.75) is 6.42 Å². The van der Waals surface area contributed by atoms with Gasteiger partial charge in [-0.15, -0.1) is 0 Å². The maximum Gasteiger partial charge on any atom is 0.132 e. The van der Waals surface area contributed by atoms with Crippen LogP contribution in [0.15, 0.2) is 54.6 Å². The molecule has 2 heterocycles. The second kappa shape index (κ2) is 9.13. The van der Waals surface area contributed by atoms with Gasteiger partial charge in [0.15, 0.2) is 0 Å². The van der Waals surface area contributed by atoms with Crippen LogP contribution < -0.4 is 15.1 Å². The summed E-state index contributed by atoms with van der Waals surface area (Å²) in [6.45, 7) is 6.45. The average molecular weight is 405 g/mol. The highest BCUT2D eigenvalue weighted by molar-refractivity contribution is 5.93. The molecule has 0 atom stereocenters. The molecule has 2 aromatic carbocycles. The highest BCUT2D eigenvalue weighted by atomic mass is 15.4. The Balaban J connectivity index is 1.60. The van der Waals surface area contributed by atoms with E-state index in [1.165, 1.54) is 22.3 Å². The van der Waals surface area contributed by atoms with Crippen LogP contribution in [0.25, 0.3) is 22.2 Å². The second-order valence-corrected chi connectivity index (χ2v) is 8.80. The van der Waals surface area contributed by atoms with Gasteiger partial charge in [-0.05, 0) is 63.5 Å². The van der Waals surface area contributed by atoms with Crippen LogP contribution in [0, 0.1) is 0 Å². The van der Waals surface area contributed by atoms with Crippen LogP contribution in [0.1, 0.15) is 6.42 Å². The van der Waals surface area contributed by atoms with Crippen LogP contribution in [0.5, 0.6) is 0 Å². The van der Waals surface area contributed by atoms with E-state index in [0.29, 0.717) is 0 Å². The largest absolute Gasteiger partial charge is 0.384 e. The number of hydrogen-bond donors (Lipinski definition) is 2. The Morgan fingerprint density at radius 1 is 1.03 bits per heavy atom. The van der Waals surface area contributed by atoms with Gasteiger partial charge in [-0.25, -0.2) is 4.98 Å². The first kappa shape index (κ1) is 20.8. The fourth-order valence-electron chi connectivity index (χ4n) is 4.23. The molecule has 5 nitrogen and oxygen atoms in total. The summed E-state index contributed by atoms with van der Waals surface area (Å²) >= 11 is 0. The van der Waals surface area contributed by atoms with Crippen molar-refractivity contribution in [2.75, 3.05) is 65.7 Å². The normalized spacial score (nSPS) is 16.1. The van der Waals surface area contributed by atoms with E-state index in [4.69, 9.17) is 4.98 Å². The zero-order chi connectivity index (χ0) is 21.0. The second-order valence-electron chi connectivity index (χ2n) is 8.80. The molecular weight excluding hydrogens is 370 g/mol. The van der Waals surface area contributed by atoms with E-state index in [1.54, 1.807) is 0 Å². The Labute approximate surface area is 180 Å². The van der Waals surface area contributed by atoms with E-state index >= 15 is 0 Å². The molecule has 4 rings (SSSR count). The van der Waals surface area contributed by atoms with Gasteiger partial charge in [-0.1, -0.05) is 18.2 Å². The van der Waals surface area contributed by atoms with Crippen molar-refractivity contribution in [1.29, 1.82) is 0 Å². The van der Waals surface area contributed by atoms with E-state index in [2.05, 4.69) is 91.3 Å². The molecule has 1 saturated heterocycles. The lowest BCUT2D eigenvalue weighted by Crippen LogP contribution is -2.57. The summed E-state index contributed by atoms with van der Waals surface area (Å²) in [5.74, 6) is 0. The summed E-state index contributed by atoms with van der Waals surface area (Å²) in [6, 6.07) is 19.6. The molecule has 0 saturated carbocycles. The summed E-state index contributed by atoms with van der Waals surface area (Å²) in [7, 11) is 6.57. The maximum absolute atomic E-state index is 4.96. The Hall–Kier alpha value is -2.47. The van der Waals surface area contributed by atoms with Crippen molar-refractivity contribution in [3.8, 4) is 11.3 Å². The Bertz CT molecular complexity index is 975. The third-order valence-corrected chi connectivity index (χ3v) is 6.16. The van der Waals surface area contributed by atoms with E-state index in [0.717, 1.165) is 61.4 Å². The summed E-state index contributed by atoms with van der Waals surface area (Å²) in [4.78, 5) is 7.18. The fraction of sp³-hybridized carbons (Fsp3) is 0.400. The van der Waals surface area contributed by atoms with Crippen LogP contribution in [0.4, 0.5) is 11.4 Å². The minimum atomic E-state index is 0.953. The number of likely N-dealkylation sites (N-methyl/N-ethyl adjacent to an activating group) is 1. The third kappa shape index (κ3) is 4.64. The van der Waals surface area contributed by atoms with Crippen LogP contribution >= 0.6 is 0 Å². The molecule has 0 amide bonds. The number of benzene rings is 2. The van der Waals surface area contributed by atoms with E-state index in [-0.39, 0.29) is 0 Å². The first-order valence-corrected chi connectivity index (χ1v) is 11.0. The number of hydrogen-bond acceptors (Lipinski definition) is 4. The van der Waals surface area contributed by atoms with Crippen molar-refractivity contribution in [3.05, 3.63) is 54.6 Å². The first-order valence-electron chi connectivity index (χ1n) is 11.0. The number of piperazine rings is 1. The van der Waals surface area contributed by atoms with Crippen LogP contribution in [-0.2, 0) is 0 Å². The number of aromatic nitrogens is 1. The van der Waals surface area contributed by atoms with Crippen LogP contribution in [0.3, 0.4) is 0 Å². The van der Waals surface area contributed by atoms with E-state index in [9.17, 15) is 0 Å². The summed E-state index contributed by atoms with van der Waals surface area (Å²) in [6.07, 6.45) is 1.11. The Morgan fingerprint density at radius 2 is 1.77 bits per heavy atom. The predicted molar refractivity (Wildman–Crippen MR) is 129 cm³/mol. The molecule has 2 N–H and O–H groups in total. The molecule has 30 heavy (non-hydrogen) atoms. The van der Waals surface area contributed by atoms with Gasteiger partial charge in [0.25, 0.3) is 0 Å². The predicted octanol–water partition coefficient (Wildman–Crippen LogP) is 3.81. The van der Waals surface area contributed by atoms with Crippen molar-refractivity contribution in [1.82, 2.24) is 19.7 Å². The summed E-state index contributed by atoms with van der Waals surface area (Å²) in [5, 5.41) is 8.29. The summed E-state index contributed by atoms with van der Waals surface area (Å²) in [5.41, 5.74) is 5.78. The number of anilines is 1. The molecule has 0 spiro atoms. The monoisotopic (exact) mass is 404 g/mol. The topological polar surface area (TPSA) is 40.2 Å². The number of fused-ring (bicyclic) bond motifs is 1. The number of pyridine rings is 1. The van der Waals surface area contributed by atoms with Gasteiger partial charge >= 0.3 is 0 Å². The lowest BCUT2D eigenvalue weighted by molar-refractivity contribution is 0.288. The van der Waals surface area contributed by atoms with Gasteiger partial charge in [0.1, 0.15) is 5.69 Å². The smallest absolute Gasteiger partial charge is 0.132 e. The lowest BCUT2D eigenvalue weighted by Gasteiger charge is -2.37. The minimum Gasteiger partial charge on any atom is -0.384 e. The highest BCUT2D eigenvalue weighted by Gasteiger charge is 2.27. The van der Waals surface area contributed by atoms with Crippen molar-refractivity contribution >= 4 is 22.3 Å². The first-order chi connectivity index (χ1) is 14.5. The quantitative estimate of drug-likeness (QED) is 0.464. The average Bonchev–Trinajstić information content (AvgIpc) is 2.77. The molecule has 0 radical (unpaired) electrons. The Kier molecular flexibility index (Phi) is 6.32. The Morgan fingerprint density at radius 3 is 2.50 bits per heavy atom. The molecule has 5 heteroatoms. The SMILES string of the molecule is CN(C)CCCNc1cc(-c2ccc([N+]3(C)CCNCC3)cc2)nc2ccccc12. The maximum atomic E-state index is 4.96. The highest BCUT2D eigenvalue weighted by Crippen LogP contribution is 2.30. The molecule has 0 unspecified atom stereocenters.